The maximum atomic E-state index is 13.1. The largest absolute Gasteiger partial charge is 0.495 e. The third-order valence-corrected chi connectivity index (χ3v) is 6.19. The fourth-order valence-corrected chi connectivity index (χ4v) is 3.93. The molecule has 4 rings (SSSR count). The van der Waals surface area contributed by atoms with Crippen LogP contribution in [0.3, 0.4) is 0 Å². The van der Waals surface area contributed by atoms with Gasteiger partial charge in [0.2, 0.25) is 17.7 Å². The number of anilines is 3. The molecule has 3 N–H and O–H groups in total. The van der Waals surface area contributed by atoms with E-state index in [4.69, 9.17) is 9.47 Å². The first-order valence-electron chi connectivity index (χ1n) is 12.8. The van der Waals surface area contributed by atoms with Gasteiger partial charge in [0.1, 0.15) is 11.5 Å². The zero-order valence-corrected chi connectivity index (χ0v) is 23.5. The van der Waals surface area contributed by atoms with Crippen molar-refractivity contribution in [2.24, 2.45) is 0 Å². The molecule has 0 saturated heterocycles. The molecule has 208 valence electrons. The predicted molar refractivity (Wildman–Crippen MR) is 158 cm³/mol. The summed E-state index contributed by atoms with van der Waals surface area (Å²) in [7, 11) is 4.93. The van der Waals surface area contributed by atoms with Crippen LogP contribution in [0.4, 0.5) is 22.1 Å². The van der Waals surface area contributed by atoms with Gasteiger partial charge >= 0.3 is 6.03 Å². The molecule has 3 aromatic carbocycles. The molecule has 0 unspecified atom stereocenters. The number of aromatic nitrogens is 2. The van der Waals surface area contributed by atoms with Gasteiger partial charge in [-0.3, -0.25) is 4.79 Å². The van der Waals surface area contributed by atoms with Gasteiger partial charge in [0.05, 0.1) is 25.0 Å². The normalized spacial score (nSPS) is 11.1. The molecular formula is C30H34N6O4. The van der Waals surface area contributed by atoms with Gasteiger partial charge in [0.25, 0.3) is 0 Å². The third kappa shape index (κ3) is 6.76. The van der Waals surface area contributed by atoms with Gasteiger partial charge in [-0.15, -0.1) is 0 Å². The Morgan fingerprint density at radius 2 is 1.60 bits per heavy atom. The van der Waals surface area contributed by atoms with Crippen molar-refractivity contribution >= 4 is 40.0 Å². The molecule has 0 aliphatic rings. The number of carbonyl (C=O) groups excluding carboxylic acids is 2. The van der Waals surface area contributed by atoms with Crippen LogP contribution in [0, 0.1) is 0 Å². The molecule has 0 saturated carbocycles. The molecule has 10 heteroatoms. The molecule has 0 aliphatic carbocycles. The Labute approximate surface area is 233 Å². The van der Waals surface area contributed by atoms with Crippen molar-refractivity contribution in [2.45, 2.75) is 26.2 Å². The summed E-state index contributed by atoms with van der Waals surface area (Å²) >= 11 is 0. The highest BCUT2D eigenvalue weighted by Crippen LogP contribution is 2.35. The molecule has 3 amide bonds. The highest BCUT2D eigenvalue weighted by atomic mass is 16.5. The maximum absolute atomic E-state index is 13.1. The molecule has 10 nitrogen and oxygen atoms in total. The van der Waals surface area contributed by atoms with E-state index in [0.717, 1.165) is 16.3 Å². The Balaban J connectivity index is 1.54. The number of ether oxygens (including phenoxy) is 2. The van der Waals surface area contributed by atoms with Crippen LogP contribution in [-0.4, -0.2) is 54.6 Å². The van der Waals surface area contributed by atoms with Gasteiger partial charge in [0.15, 0.2) is 0 Å². The van der Waals surface area contributed by atoms with Crippen LogP contribution in [0.5, 0.6) is 17.4 Å². The maximum Gasteiger partial charge on any atom is 0.323 e. The highest BCUT2D eigenvalue weighted by Gasteiger charge is 2.18. The van der Waals surface area contributed by atoms with Crippen molar-refractivity contribution in [1.82, 2.24) is 14.9 Å². The Kier molecular flexibility index (Phi) is 8.37. The Morgan fingerprint density at radius 3 is 2.30 bits per heavy atom. The molecular weight excluding hydrogens is 508 g/mol. The van der Waals surface area contributed by atoms with Gasteiger partial charge < -0.3 is 30.3 Å². The van der Waals surface area contributed by atoms with E-state index in [-0.39, 0.29) is 23.8 Å². The first-order valence-corrected chi connectivity index (χ1v) is 12.8. The monoisotopic (exact) mass is 542 g/mol. The molecule has 0 aliphatic heterocycles. The number of hydrogen-bond donors (Lipinski definition) is 3. The van der Waals surface area contributed by atoms with E-state index in [1.807, 2.05) is 42.5 Å². The second kappa shape index (κ2) is 11.9. The second-order valence-corrected chi connectivity index (χ2v) is 10.4. The number of rotatable bonds is 8. The van der Waals surface area contributed by atoms with Gasteiger partial charge in [-0.1, -0.05) is 51.1 Å². The number of carbonyl (C=O) groups is 2. The average Bonchev–Trinajstić information content (AvgIpc) is 2.92. The van der Waals surface area contributed by atoms with E-state index in [9.17, 15) is 9.59 Å². The van der Waals surface area contributed by atoms with Crippen molar-refractivity contribution in [3.8, 4) is 17.4 Å². The SMILES string of the molecule is COc1ccc(C(C)(C)C)cc1NC(=O)Nc1ccc(Oc2ccnc(NCC(=O)N(C)C)n2)c2ccccc12. The minimum atomic E-state index is -0.401. The number of amides is 3. The molecule has 0 atom stereocenters. The summed E-state index contributed by atoms with van der Waals surface area (Å²) in [6.07, 6.45) is 1.55. The summed E-state index contributed by atoms with van der Waals surface area (Å²) in [5, 5.41) is 10.3. The molecule has 4 aromatic rings. The number of fused-ring (bicyclic) bond motifs is 1. The van der Waals surface area contributed by atoms with Crippen LogP contribution in [-0.2, 0) is 10.2 Å². The summed E-state index contributed by atoms with van der Waals surface area (Å²) in [5.41, 5.74) is 2.17. The molecule has 0 bridgehead atoms. The lowest BCUT2D eigenvalue weighted by Crippen LogP contribution is -2.29. The van der Waals surface area contributed by atoms with Crippen LogP contribution < -0.4 is 25.4 Å². The fraction of sp³-hybridized carbons (Fsp3) is 0.267. The van der Waals surface area contributed by atoms with Crippen LogP contribution in [0.2, 0.25) is 0 Å². The Hall–Kier alpha value is -4.86. The van der Waals surface area contributed by atoms with Crippen molar-refractivity contribution < 1.29 is 19.1 Å². The molecule has 40 heavy (non-hydrogen) atoms. The summed E-state index contributed by atoms with van der Waals surface area (Å²) < 4.78 is 11.5. The number of methoxy groups -OCH3 is 1. The summed E-state index contributed by atoms with van der Waals surface area (Å²) in [5.74, 6) is 1.60. The smallest absolute Gasteiger partial charge is 0.323 e. The lowest BCUT2D eigenvalue weighted by atomic mass is 9.87. The summed E-state index contributed by atoms with van der Waals surface area (Å²) in [6, 6.07) is 18.1. The molecule has 1 heterocycles. The lowest BCUT2D eigenvalue weighted by Gasteiger charge is -2.21. The zero-order valence-electron chi connectivity index (χ0n) is 23.5. The number of urea groups is 1. The second-order valence-electron chi connectivity index (χ2n) is 10.4. The fourth-order valence-electron chi connectivity index (χ4n) is 3.93. The van der Waals surface area contributed by atoms with Gasteiger partial charge in [-0.2, -0.15) is 4.98 Å². The minimum Gasteiger partial charge on any atom is -0.495 e. The number of likely N-dealkylation sites (N-methyl/N-ethyl adjacent to an activating group) is 1. The van der Waals surface area contributed by atoms with E-state index in [0.29, 0.717) is 28.8 Å². The van der Waals surface area contributed by atoms with E-state index in [1.54, 1.807) is 45.6 Å². The van der Waals surface area contributed by atoms with Gasteiger partial charge in [0, 0.05) is 37.1 Å². The average molecular weight is 543 g/mol. The molecule has 0 radical (unpaired) electrons. The first-order chi connectivity index (χ1) is 19.0. The first kappa shape index (κ1) is 28.2. The van der Waals surface area contributed by atoms with E-state index >= 15 is 0 Å². The molecule has 1 aromatic heterocycles. The van der Waals surface area contributed by atoms with E-state index in [2.05, 4.69) is 46.7 Å². The van der Waals surface area contributed by atoms with Gasteiger partial charge in [-0.05, 0) is 35.2 Å². The number of nitrogens with zero attached hydrogens (tertiary/aromatic N) is 3. The van der Waals surface area contributed by atoms with Crippen LogP contribution in [0.1, 0.15) is 26.3 Å². The minimum absolute atomic E-state index is 0.0637. The molecule has 0 fully saturated rings. The predicted octanol–water partition coefficient (Wildman–Crippen LogP) is 5.87. The van der Waals surface area contributed by atoms with E-state index < -0.39 is 6.03 Å². The topological polar surface area (TPSA) is 118 Å². The van der Waals surface area contributed by atoms with Crippen molar-refractivity contribution in [2.75, 3.05) is 43.7 Å². The summed E-state index contributed by atoms with van der Waals surface area (Å²) in [6.45, 7) is 6.40. The summed E-state index contributed by atoms with van der Waals surface area (Å²) in [4.78, 5) is 34.9. The number of nitrogens with one attached hydrogen (secondary N) is 3. The third-order valence-electron chi connectivity index (χ3n) is 6.19. The van der Waals surface area contributed by atoms with Crippen molar-refractivity contribution in [3.63, 3.8) is 0 Å². The standard InChI is InChI=1S/C30H34N6O4/c1-30(2,3)19-11-13-25(39-6)23(17-19)34-29(38)33-22-12-14-24(21-10-8-7-9-20(21)22)40-26-15-16-31-28(35-26)32-18-27(37)36(4)5/h7-17H,18H2,1-6H3,(H,31,32,35)(H2,33,34,38). The van der Waals surface area contributed by atoms with E-state index in [1.165, 1.54) is 4.90 Å². The number of benzene rings is 3. The van der Waals surface area contributed by atoms with Crippen LogP contribution in [0.25, 0.3) is 10.8 Å². The number of hydrogen-bond acceptors (Lipinski definition) is 7. The van der Waals surface area contributed by atoms with Gasteiger partial charge in [-0.25, -0.2) is 9.78 Å². The lowest BCUT2D eigenvalue weighted by molar-refractivity contribution is -0.126. The van der Waals surface area contributed by atoms with Crippen molar-refractivity contribution in [1.29, 1.82) is 0 Å². The Morgan fingerprint density at radius 1 is 0.900 bits per heavy atom. The Bertz CT molecular complexity index is 1530. The van der Waals surface area contributed by atoms with Crippen LogP contribution in [0.15, 0.2) is 66.9 Å². The highest BCUT2D eigenvalue weighted by molar-refractivity contribution is 6.08. The van der Waals surface area contributed by atoms with Crippen LogP contribution >= 0.6 is 0 Å². The quantitative estimate of drug-likeness (QED) is 0.255. The molecule has 0 spiro atoms. The zero-order chi connectivity index (χ0) is 28.9. The van der Waals surface area contributed by atoms with Crippen molar-refractivity contribution in [3.05, 3.63) is 72.4 Å².